The van der Waals surface area contributed by atoms with Gasteiger partial charge in [0.05, 0.1) is 6.54 Å². The number of rotatable bonds is 3. The summed E-state index contributed by atoms with van der Waals surface area (Å²) in [4.78, 5) is 10.8. The maximum atomic E-state index is 4.83. The fourth-order valence-corrected chi connectivity index (χ4v) is 3.07. The Morgan fingerprint density at radius 2 is 1.86 bits per heavy atom. The third-order valence-corrected chi connectivity index (χ3v) is 4.66. The molecule has 1 aromatic heterocycles. The first-order valence-electron chi connectivity index (χ1n) is 7.63. The van der Waals surface area contributed by atoms with Crippen molar-refractivity contribution in [3.63, 3.8) is 0 Å². The van der Waals surface area contributed by atoms with Gasteiger partial charge in [-0.05, 0) is 30.6 Å². The van der Waals surface area contributed by atoms with Crippen molar-refractivity contribution >= 4 is 23.0 Å². The van der Waals surface area contributed by atoms with E-state index in [2.05, 4.69) is 51.8 Å². The largest absolute Gasteiger partial charge is 0.340 e. The Labute approximate surface area is 136 Å². The summed E-state index contributed by atoms with van der Waals surface area (Å²) in [6.45, 7) is 4.92. The second kappa shape index (κ2) is 7.42. The number of hydrogen-bond acceptors (Lipinski definition) is 3. The lowest BCUT2D eigenvalue weighted by Crippen LogP contribution is -2.49. The maximum absolute atomic E-state index is 4.83. The summed E-state index contributed by atoms with van der Waals surface area (Å²) in [5.74, 6) is 0.979. The molecule has 1 aliphatic heterocycles. The van der Waals surface area contributed by atoms with Crippen molar-refractivity contribution in [2.75, 3.05) is 38.5 Å². The molecule has 1 N–H and O–H groups in total. The number of anilines is 1. The molecule has 3 rings (SSSR count). The molecule has 0 aliphatic carbocycles. The molecule has 1 aliphatic rings. The Hall–Kier alpha value is -1.85. The van der Waals surface area contributed by atoms with E-state index in [9.17, 15) is 0 Å². The van der Waals surface area contributed by atoms with Gasteiger partial charge in [-0.25, -0.2) is 4.99 Å². The van der Waals surface area contributed by atoms with Gasteiger partial charge in [0, 0.05) is 36.7 Å². The highest BCUT2D eigenvalue weighted by Gasteiger charge is 2.17. The van der Waals surface area contributed by atoms with Gasteiger partial charge in [0.25, 0.3) is 0 Å². The predicted molar refractivity (Wildman–Crippen MR) is 94.6 cm³/mol. The number of hydrogen-bond donors (Lipinski definition) is 1. The lowest BCUT2D eigenvalue weighted by Gasteiger charge is -2.34. The number of piperazine rings is 1. The highest BCUT2D eigenvalue weighted by Crippen LogP contribution is 2.12. The first kappa shape index (κ1) is 15.1. The van der Waals surface area contributed by atoms with E-state index in [0.29, 0.717) is 0 Å². The van der Waals surface area contributed by atoms with Crippen LogP contribution in [0.5, 0.6) is 0 Å². The van der Waals surface area contributed by atoms with Crippen LogP contribution in [0.1, 0.15) is 4.88 Å². The Balaban J connectivity index is 1.74. The van der Waals surface area contributed by atoms with Crippen molar-refractivity contribution < 1.29 is 0 Å². The molecular weight excluding hydrogens is 292 g/mol. The van der Waals surface area contributed by atoms with E-state index in [1.807, 2.05) is 18.2 Å². The van der Waals surface area contributed by atoms with E-state index in [4.69, 9.17) is 4.99 Å². The Morgan fingerprint density at radius 1 is 1.09 bits per heavy atom. The summed E-state index contributed by atoms with van der Waals surface area (Å²) in [5, 5.41) is 5.59. The summed E-state index contributed by atoms with van der Waals surface area (Å²) in [7, 11) is 2.17. The smallest absolute Gasteiger partial charge is 0.198 e. The van der Waals surface area contributed by atoms with Crippen LogP contribution in [0.2, 0.25) is 0 Å². The van der Waals surface area contributed by atoms with Crippen LogP contribution in [0.25, 0.3) is 0 Å². The van der Waals surface area contributed by atoms with Gasteiger partial charge in [0.2, 0.25) is 0 Å². The minimum atomic E-state index is 0.735. The van der Waals surface area contributed by atoms with E-state index in [0.717, 1.165) is 44.4 Å². The van der Waals surface area contributed by atoms with Crippen molar-refractivity contribution in [1.29, 1.82) is 0 Å². The molecule has 116 valence electrons. The SMILES string of the molecule is CN1CCN(C(=NCc2cccs2)Nc2ccccc2)CC1. The number of thiophene rings is 1. The second-order valence-corrected chi connectivity index (χ2v) is 6.53. The molecule has 22 heavy (non-hydrogen) atoms. The van der Waals surface area contributed by atoms with Crippen molar-refractivity contribution in [1.82, 2.24) is 9.80 Å². The van der Waals surface area contributed by atoms with Crippen LogP contribution < -0.4 is 5.32 Å². The van der Waals surface area contributed by atoms with Gasteiger partial charge in [-0.3, -0.25) is 0 Å². The van der Waals surface area contributed by atoms with Gasteiger partial charge in [-0.1, -0.05) is 24.3 Å². The molecule has 2 aromatic rings. The molecule has 1 fully saturated rings. The molecule has 0 bridgehead atoms. The van der Waals surface area contributed by atoms with Crippen molar-refractivity contribution in [2.24, 2.45) is 4.99 Å². The van der Waals surface area contributed by atoms with Gasteiger partial charge >= 0.3 is 0 Å². The molecule has 0 amide bonds. The zero-order chi connectivity index (χ0) is 15.2. The summed E-state index contributed by atoms with van der Waals surface area (Å²) in [6, 6.07) is 14.5. The molecule has 1 aromatic carbocycles. The fourth-order valence-electron chi connectivity index (χ4n) is 2.44. The highest BCUT2D eigenvalue weighted by molar-refractivity contribution is 7.09. The minimum Gasteiger partial charge on any atom is -0.340 e. The van der Waals surface area contributed by atoms with Crippen molar-refractivity contribution in [3.05, 3.63) is 52.7 Å². The summed E-state index contributed by atoms with van der Waals surface area (Å²) in [6.07, 6.45) is 0. The second-order valence-electron chi connectivity index (χ2n) is 5.50. The van der Waals surface area contributed by atoms with Crippen LogP contribution in [0.3, 0.4) is 0 Å². The summed E-state index contributed by atoms with van der Waals surface area (Å²) in [5.41, 5.74) is 1.09. The van der Waals surface area contributed by atoms with Crippen LogP contribution >= 0.6 is 11.3 Å². The first-order valence-corrected chi connectivity index (χ1v) is 8.51. The quantitative estimate of drug-likeness (QED) is 0.698. The topological polar surface area (TPSA) is 30.9 Å². The van der Waals surface area contributed by atoms with E-state index >= 15 is 0 Å². The van der Waals surface area contributed by atoms with E-state index < -0.39 is 0 Å². The average Bonchev–Trinajstić information content (AvgIpc) is 3.07. The number of guanidine groups is 1. The first-order chi connectivity index (χ1) is 10.8. The summed E-state index contributed by atoms with van der Waals surface area (Å²) < 4.78 is 0. The van der Waals surface area contributed by atoms with Gasteiger partial charge in [-0.15, -0.1) is 11.3 Å². The molecular formula is C17H22N4S. The number of aliphatic imine (C=N–C) groups is 1. The molecule has 0 unspecified atom stereocenters. The summed E-state index contributed by atoms with van der Waals surface area (Å²) >= 11 is 1.76. The van der Waals surface area contributed by atoms with Crippen molar-refractivity contribution in [3.8, 4) is 0 Å². The lowest BCUT2D eigenvalue weighted by atomic mass is 10.3. The van der Waals surface area contributed by atoms with E-state index in [1.54, 1.807) is 11.3 Å². The monoisotopic (exact) mass is 314 g/mol. The molecule has 4 nitrogen and oxygen atoms in total. The van der Waals surface area contributed by atoms with Crippen LogP contribution in [0.15, 0.2) is 52.8 Å². The molecule has 5 heteroatoms. The molecule has 0 atom stereocenters. The average molecular weight is 314 g/mol. The van der Waals surface area contributed by atoms with Crippen LogP contribution in [-0.2, 0) is 6.54 Å². The van der Waals surface area contributed by atoms with Gasteiger partial charge < -0.3 is 15.1 Å². The molecule has 0 saturated carbocycles. The van der Waals surface area contributed by atoms with Crippen LogP contribution in [0.4, 0.5) is 5.69 Å². The zero-order valence-electron chi connectivity index (χ0n) is 12.9. The number of nitrogens with one attached hydrogen (secondary N) is 1. The standard InChI is InChI=1S/C17H22N4S/c1-20-9-11-21(12-10-20)17(18-14-16-8-5-13-22-16)19-15-6-3-2-4-7-15/h2-8,13H,9-12,14H2,1H3,(H,18,19). The van der Waals surface area contributed by atoms with Crippen LogP contribution in [-0.4, -0.2) is 49.0 Å². The molecule has 1 saturated heterocycles. The number of nitrogens with zero attached hydrogens (tertiary/aromatic N) is 3. The Kier molecular flexibility index (Phi) is 5.08. The van der Waals surface area contributed by atoms with Gasteiger partial charge in [0.1, 0.15) is 0 Å². The Morgan fingerprint density at radius 3 is 2.55 bits per heavy atom. The van der Waals surface area contributed by atoms with Gasteiger partial charge in [0.15, 0.2) is 5.96 Å². The third-order valence-electron chi connectivity index (χ3n) is 3.80. The highest BCUT2D eigenvalue weighted by atomic mass is 32.1. The maximum Gasteiger partial charge on any atom is 0.198 e. The van der Waals surface area contributed by atoms with Crippen molar-refractivity contribution in [2.45, 2.75) is 6.54 Å². The third kappa shape index (κ3) is 4.08. The number of para-hydroxylation sites is 1. The molecule has 0 spiro atoms. The fraction of sp³-hybridized carbons (Fsp3) is 0.353. The Bertz CT molecular complexity index is 586. The number of likely N-dealkylation sites (N-methyl/N-ethyl adjacent to an activating group) is 1. The zero-order valence-corrected chi connectivity index (χ0v) is 13.7. The minimum absolute atomic E-state index is 0.735. The van der Waals surface area contributed by atoms with E-state index in [1.165, 1.54) is 4.88 Å². The molecule has 0 radical (unpaired) electrons. The predicted octanol–water partition coefficient (Wildman–Crippen LogP) is 2.96. The normalized spacial score (nSPS) is 16.8. The molecule has 2 heterocycles. The number of benzene rings is 1. The van der Waals surface area contributed by atoms with E-state index in [-0.39, 0.29) is 0 Å². The van der Waals surface area contributed by atoms with Crippen LogP contribution in [0, 0.1) is 0 Å². The lowest BCUT2D eigenvalue weighted by molar-refractivity contribution is 0.215. The van der Waals surface area contributed by atoms with Gasteiger partial charge in [-0.2, -0.15) is 0 Å².